The Morgan fingerprint density at radius 2 is 0.971 bits per heavy atom. The van der Waals surface area contributed by atoms with Crippen LogP contribution in [0.25, 0.3) is 0 Å². The third-order valence-electron chi connectivity index (χ3n) is 5.28. The second-order valence-corrected chi connectivity index (χ2v) is 7.42. The smallest absolute Gasteiger partial charge is 0.346 e. The fraction of sp³-hybridized carbons (Fsp3) is 0.0833. The number of allylic oxidation sites excluding steroid dienone is 4. The van der Waals surface area contributed by atoms with Crippen LogP contribution in [0.2, 0.25) is 0 Å². The first kappa shape index (κ1) is 21.0. The molecular formula is C24H12O10. The van der Waals surface area contributed by atoms with Crippen molar-refractivity contribution < 1.29 is 47.7 Å². The SMILES string of the molecule is O=C(OC1=CC=C(OC(=O)c2ccc3c(c2)C(=O)OC3=O)CC1)c1ccc2c(c1)C(=O)OC2=O. The van der Waals surface area contributed by atoms with Crippen LogP contribution in [0, 0.1) is 0 Å². The molecule has 0 aromatic heterocycles. The fourth-order valence-corrected chi connectivity index (χ4v) is 3.55. The summed E-state index contributed by atoms with van der Waals surface area (Å²) in [5.74, 6) is -4.03. The summed E-state index contributed by atoms with van der Waals surface area (Å²) < 4.78 is 19.6. The van der Waals surface area contributed by atoms with Gasteiger partial charge in [0.25, 0.3) is 0 Å². The molecule has 2 aromatic rings. The van der Waals surface area contributed by atoms with Gasteiger partial charge in [-0.25, -0.2) is 28.8 Å². The highest BCUT2D eigenvalue weighted by molar-refractivity contribution is 6.16. The minimum Gasteiger partial charge on any atom is -0.427 e. The summed E-state index contributed by atoms with van der Waals surface area (Å²) in [4.78, 5) is 71.2. The molecule has 0 saturated heterocycles. The standard InChI is InChI=1S/C24H12O10/c25-19(11-1-7-15-17(9-11)23(29)33-21(15)27)31-13-3-5-14(6-4-13)32-20(26)12-2-8-16-18(10-12)24(30)34-22(16)28/h1-3,5,7-10H,4,6H2. The summed E-state index contributed by atoms with van der Waals surface area (Å²) in [6.07, 6.45) is 3.43. The van der Waals surface area contributed by atoms with E-state index in [-0.39, 0.29) is 46.2 Å². The zero-order chi connectivity index (χ0) is 24.0. The molecule has 2 heterocycles. The van der Waals surface area contributed by atoms with Crippen molar-refractivity contribution in [2.45, 2.75) is 12.8 Å². The molecule has 0 N–H and O–H groups in total. The van der Waals surface area contributed by atoms with Crippen molar-refractivity contribution in [3.8, 4) is 0 Å². The van der Waals surface area contributed by atoms with Gasteiger partial charge < -0.3 is 18.9 Å². The van der Waals surface area contributed by atoms with Crippen molar-refractivity contribution in [2.75, 3.05) is 0 Å². The highest BCUT2D eigenvalue weighted by Gasteiger charge is 2.32. The van der Waals surface area contributed by atoms with Crippen LogP contribution < -0.4 is 0 Å². The molecule has 0 fully saturated rings. The highest BCUT2D eigenvalue weighted by Crippen LogP contribution is 2.26. The van der Waals surface area contributed by atoms with Gasteiger partial charge in [-0.05, 0) is 48.6 Å². The largest absolute Gasteiger partial charge is 0.427 e. The number of benzene rings is 2. The van der Waals surface area contributed by atoms with Gasteiger partial charge in [0.2, 0.25) is 0 Å². The lowest BCUT2D eigenvalue weighted by Crippen LogP contribution is -2.11. The Kier molecular flexibility index (Phi) is 4.90. The molecule has 0 unspecified atom stereocenters. The lowest BCUT2D eigenvalue weighted by Gasteiger charge is -2.15. The maximum atomic E-state index is 12.4. The van der Waals surface area contributed by atoms with Gasteiger partial charge in [0.1, 0.15) is 11.5 Å². The Morgan fingerprint density at radius 3 is 1.35 bits per heavy atom. The van der Waals surface area contributed by atoms with Gasteiger partial charge in [-0.1, -0.05) is 0 Å². The number of hydrogen-bond acceptors (Lipinski definition) is 10. The summed E-state index contributed by atoms with van der Waals surface area (Å²) in [7, 11) is 0. The van der Waals surface area contributed by atoms with E-state index in [9.17, 15) is 28.8 Å². The number of fused-ring (bicyclic) bond motifs is 2. The van der Waals surface area contributed by atoms with Gasteiger partial charge in [-0.2, -0.15) is 0 Å². The number of esters is 6. The van der Waals surface area contributed by atoms with Crippen LogP contribution in [0.3, 0.4) is 0 Å². The number of carbonyl (C=O) groups excluding carboxylic acids is 6. The first-order valence-corrected chi connectivity index (χ1v) is 9.95. The van der Waals surface area contributed by atoms with Gasteiger partial charge in [-0.15, -0.1) is 0 Å². The summed E-state index contributed by atoms with van der Waals surface area (Å²) in [6.45, 7) is 0. The zero-order valence-electron chi connectivity index (χ0n) is 17.1. The molecule has 0 amide bonds. The zero-order valence-corrected chi connectivity index (χ0v) is 17.1. The first-order chi connectivity index (χ1) is 16.3. The lowest BCUT2D eigenvalue weighted by atomic mass is 10.1. The summed E-state index contributed by atoms with van der Waals surface area (Å²) in [5, 5.41) is 0. The van der Waals surface area contributed by atoms with Crippen LogP contribution in [0.1, 0.15) is 75.0 Å². The molecule has 0 bridgehead atoms. The molecular weight excluding hydrogens is 448 g/mol. The molecule has 34 heavy (non-hydrogen) atoms. The van der Waals surface area contributed by atoms with Crippen LogP contribution in [-0.2, 0) is 18.9 Å². The Hall–Kier alpha value is -4.86. The van der Waals surface area contributed by atoms with Crippen molar-refractivity contribution in [2.24, 2.45) is 0 Å². The van der Waals surface area contributed by atoms with E-state index in [1.54, 1.807) is 0 Å². The van der Waals surface area contributed by atoms with E-state index in [4.69, 9.17) is 9.47 Å². The molecule has 1 aliphatic carbocycles. The quantitative estimate of drug-likeness (QED) is 0.380. The second kappa shape index (κ2) is 7.93. The molecule has 3 aliphatic rings. The van der Waals surface area contributed by atoms with E-state index in [2.05, 4.69) is 9.47 Å². The van der Waals surface area contributed by atoms with Crippen molar-refractivity contribution in [1.29, 1.82) is 0 Å². The molecule has 0 spiro atoms. The summed E-state index contributed by atoms with van der Waals surface area (Å²) in [5.41, 5.74) is 0.298. The molecule has 10 heteroatoms. The predicted octanol–water partition coefficient (Wildman–Crippen LogP) is 2.88. The van der Waals surface area contributed by atoms with Crippen LogP contribution in [0.15, 0.2) is 60.1 Å². The molecule has 10 nitrogen and oxygen atoms in total. The van der Waals surface area contributed by atoms with E-state index in [0.717, 1.165) is 0 Å². The molecule has 0 saturated carbocycles. The molecule has 168 valence electrons. The van der Waals surface area contributed by atoms with Crippen molar-refractivity contribution >= 4 is 35.8 Å². The lowest BCUT2D eigenvalue weighted by molar-refractivity contribution is 0.0425. The fourth-order valence-electron chi connectivity index (χ4n) is 3.55. The number of carbonyl (C=O) groups is 6. The monoisotopic (exact) mass is 460 g/mol. The first-order valence-electron chi connectivity index (χ1n) is 9.95. The Labute approximate surface area is 190 Å². The molecule has 0 radical (unpaired) electrons. The van der Waals surface area contributed by atoms with Crippen LogP contribution in [0.4, 0.5) is 0 Å². The van der Waals surface area contributed by atoms with Crippen LogP contribution >= 0.6 is 0 Å². The second-order valence-electron chi connectivity index (χ2n) is 7.42. The average Bonchev–Trinajstić information content (AvgIpc) is 3.28. The van der Waals surface area contributed by atoms with Crippen LogP contribution in [-0.4, -0.2) is 35.8 Å². The van der Waals surface area contributed by atoms with E-state index < -0.39 is 35.8 Å². The number of rotatable bonds is 4. The van der Waals surface area contributed by atoms with Gasteiger partial charge in [-0.3, -0.25) is 0 Å². The number of ether oxygens (including phenoxy) is 4. The normalized spacial score (nSPS) is 16.1. The van der Waals surface area contributed by atoms with Crippen LogP contribution in [0.5, 0.6) is 0 Å². The van der Waals surface area contributed by atoms with Gasteiger partial charge in [0, 0.05) is 12.8 Å². The van der Waals surface area contributed by atoms with E-state index in [0.29, 0.717) is 11.5 Å². The Bertz CT molecular complexity index is 1300. The third kappa shape index (κ3) is 3.66. The topological polar surface area (TPSA) is 139 Å². The maximum absolute atomic E-state index is 12.4. The van der Waals surface area contributed by atoms with Gasteiger partial charge >= 0.3 is 35.8 Å². The highest BCUT2D eigenvalue weighted by atomic mass is 16.6. The average molecular weight is 460 g/mol. The van der Waals surface area contributed by atoms with Crippen molar-refractivity contribution in [3.05, 3.63) is 93.4 Å². The molecule has 2 aromatic carbocycles. The number of hydrogen-bond donors (Lipinski definition) is 0. The Balaban J connectivity index is 1.24. The molecule has 5 rings (SSSR count). The van der Waals surface area contributed by atoms with Crippen molar-refractivity contribution in [3.63, 3.8) is 0 Å². The minimum atomic E-state index is -0.826. The molecule has 0 atom stereocenters. The van der Waals surface area contributed by atoms with Gasteiger partial charge in [0.15, 0.2) is 0 Å². The van der Waals surface area contributed by atoms with E-state index >= 15 is 0 Å². The Morgan fingerprint density at radius 1 is 0.588 bits per heavy atom. The van der Waals surface area contributed by atoms with E-state index in [1.807, 2.05) is 0 Å². The minimum absolute atomic E-state index is 0.00430. The number of cyclic esters (lactones) is 4. The maximum Gasteiger partial charge on any atom is 0.346 e. The molecule has 2 aliphatic heterocycles. The third-order valence-corrected chi connectivity index (χ3v) is 5.28. The predicted molar refractivity (Wildman–Crippen MR) is 109 cm³/mol. The summed E-state index contributed by atoms with van der Waals surface area (Å²) >= 11 is 0. The van der Waals surface area contributed by atoms with Crippen molar-refractivity contribution in [1.82, 2.24) is 0 Å². The summed E-state index contributed by atoms with van der Waals surface area (Å²) in [6, 6.07) is 7.82. The van der Waals surface area contributed by atoms with E-state index in [1.165, 1.54) is 48.6 Å². The van der Waals surface area contributed by atoms with Gasteiger partial charge in [0.05, 0.1) is 33.4 Å².